The summed E-state index contributed by atoms with van der Waals surface area (Å²) < 4.78 is 0. The standard InChI is InChI=1S/C24H30N4O4/c29-14-18(12-17-10-11-25-22(17)30)26-24(32)21(15-6-2-1-3-7-15)28-23(31)20-13-16-8-4-5-9-19(16)27-20/h4-5,8-9,13-15,17-18,21,27H,1-3,6-7,10-12H2,(H,25,30)(H,26,32)(H,28,31)/t17-,18-,21-/m0/s1. The van der Waals surface area contributed by atoms with E-state index in [0.29, 0.717) is 24.9 Å². The second-order valence-electron chi connectivity index (χ2n) is 8.88. The number of H-pyrrole nitrogens is 1. The fraction of sp³-hybridized carbons (Fsp3) is 0.500. The highest BCUT2D eigenvalue weighted by Crippen LogP contribution is 2.27. The van der Waals surface area contributed by atoms with E-state index in [1.165, 1.54) is 0 Å². The minimum atomic E-state index is -0.757. The van der Waals surface area contributed by atoms with Gasteiger partial charge in [-0.3, -0.25) is 14.4 Å². The number of fused-ring (bicyclic) bond motifs is 1. The zero-order chi connectivity index (χ0) is 22.5. The van der Waals surface area contributed by atoms with Crippen molar-refractivity contribution in [1.82, 2.24) is 20.9 Å². The number of benzene rings is 1. The highest BCUT2D eigenvalue weighted by atomic mass is 16.2. The van der Waals surface area contributed by atoms with Crippen LogP contribution in [-0.2, 0) is 14.4 Å². The molecule has 4 N–H and O–H groups in total. The monoisotopic (exact) mass is 438 g/mol. The second kappa shape index (κ2) is 9.97. The lowest BCUT2D eigenvalue weighted by atomic mass is 9.83. The highest BCUT2D eigenvalue weighted by Gasteiger charge is 2.34. The summed E-state index contributed by atoms with van der Waals surface area (Å²) in [5.41, 5.74) is 1.25. The van der Waals surface area contributed by atoms with E-state index in [0.717, 1.165) is 43.0 Å². The van der Waals surface area contributed by atoms with Gasteiger partial charge in [-0.05, 0) is 43.7 Å². The lowest BCUT2D eigenvalue weighted by molar-refractivity contribution is -0.128. The molecule has 32 heavy (non-hydrogen) atoms. The van der Waals surface area contributed by atoms with Gasteiger partial charge in [0.25, 0.3) is 5.91 Å². The average molecular weight is 439 g/mol. The van der Waals surface area contributed by atoms with Crippen molar-refractivity contribution in [3.8, 4) is 0 Å². The maximum absolute atomic E-state index is 13.2. The van der Waals surface area contributed by atoms with E-state index in [-0.39, 0.29) is 36.0 Å². The Labute approximate surface area is 186 Å². The predicted molar refractivity (Wildman–Crippen MR) is 120 cm³/mol. The van der Waals surface area contributed by atoms with Gasteiger partial charge >= 0.3 is 0 Å². The lowest BCUT2D eigenvalue weighted by Crippen LogP contribution is -2.54. The predicted octanol–water partition coefficient (Wildman–Crippen LogP) is 2.06. The zero-order valence-electron chi connectivity index (χ0n) is 18.1. The molecule has 2 heterocycles. The number of carbonyl (C=O) groups is 4. The Bertz CT molecular complexity index is 962. The van der Waals surface area contributed by atoms with Gasteiger partial charge in [0.2, 0.25) is 11.8 Å². The number of carbonyl (C=O) groups excluding carboxylic acids is 4. The number of aromatic nitrogens is 1. The van der Waals surface area contributed by atoms with E-state index < -0.39 is 12.1 Å². The van der Waals surface area contributed by atoms with Crippen LogP contribution in [0.1, 0.15) is 55.4 Å². The first-order valence-electron chi connectivity index (χ1n) is 11.5. The largest absolute Gasteiger partial charge is 0.356 e. The molecule has 1 aromatic heterocycles. The minimum Gasteiger partial charge on any atom is -0.356 e. The van der Waals surface area contributed by atoms with Crippen molar-refractivity contribution in [2.24, 2.45) is 11.8 Å². The molecule has 3 amide bonds. The quantitative estimate of drug-likeness (QED) is 0.472. The van der Waals surface area contributed by atoms with Crippen LogP contribution in [0.3, 0.4) is 0 Å². The highest BCUT2D eigenvalue weighted by molar-refractivity contribution is 6.00. The molecule has 3 atom stereocenters. The molecule has 1 aliphatic heterocycles. The van der Waals surface area contributed by atoms with E-state index in [9.17, 15) is 19.2 Å². The van der Waals surface area contributed by atoms with Crippen LogP contribution in [0.4, 0.5) is 0 Å². The third-order valence-corrected chi connectivity index (χ3v) is 6.66. The van der Waals surface area contributed by atoms with Gasteiger partial charge in [0.1, 0.15) is 18.0 Å². The first kappa shape index (κ1) is 22.0. The average Bonchev–Trinajstić information content (AvgIpc) is 3.43. The first-order valence-corrected chi connectivity index (χ1v) is 11.5. The molecule has 170 valence electrons. The van der Waals surface area contributed by atoms with Crippen LogP contribution >= 0.6 is 0 Å². The number of rotatable bonds is 8. The van der Waals surface area contributed by atoms with Gasteiger partial charge in [-0.15, -0.1) is 0 Å². The molecule has 1 aliphatic carbocycles. The molecular formula is C24H30N4O4. The first-order chi connectivity index (χ1) is 15.5. The summed E-state index contributed by atoms with van der Waals surface area (Å²) in [7, 11) is 0. The Morgan fingerprint density at radius 1 is 1.09 bits per heavy atom. The summed E-state index contributed by atoms with van der Waals surface area (Å²) in [6, 6.07) is 7.89. The van der Waals surface area contributed by atoms with Gasteiger partial charge in [0.15, 0.2) is 0 Å². The molecule has 0 bridgehead atoms. The van der Waals surface area contributed by atoms with E-state index >= 15 is 0 Å². The van der Waals surface area contributed by atoms with Gasteiger partial charge in [-0.25, -0.2) is 0 Å². The fourth-order valence-electron chi connectivity index (χ4n) is 4.88. The van der Waals surface area contributed by atoms with Crippen LogP contribution < -0.4 is 16.0 Å². The third-order valence-electron chi connectivity index (χ3n) is 6.66. The Morgan fingerprint density at radius 2 is 1.88 bits per heavy atom. The SMILES string of the molecule is O=C[C@H](C[C@@H]1CCNC1=O)NC(=O)[C@@H](NC(=O)c1cc2ccccc2[nH]1)C1CCCCC1. The molecule has 1 saturated carbocycles. The van der Waals surface area contributed by atoms with Gasteiger partial charge in [0, 0.05) is 23.4 Å². The van der Waals surface area contributed by atoms with Crippen molar-refractivity contribution in [2.45, 2.75) is 57.0 Å². The fourth-order valence-corrected chi connectivity index (χ4v) is 4.88. The maximum atomic E-state index is 13.2. The molecule has 1 aromatic carbocycles. The number of aromatic amines is 1. The number of hydrogen-bond donors (Lipinski definition) is 4. The summed E-state index contributed by atoms with van der Waals surface area (Å²) in [5.74, 6) is -1.05. The molecule has 8 heteroatoms. The number of aldehydes is 1. The molecule has 8 nitrogen and oxygen atoms in total. The number of para-hydroxylation sites is 1. The Morgan fingerprint density at radius 3 is 2.56 bits per heavy atom. The Balaban J connectivity index is 1.47. The molecule has 0 radical (unpaired) electrons. The third kappa shape index (κ3) is 5.00. The van der Waals surface area contributed by atoms with Gasteiger partial charge in [-0.2, -0.15) is 0 Å². The topological polar surface area (TPSA) is 120 Å². The maximum Gasteiger partial charge on any atom is 0.268 e. The molecule has 0 spiro atoms. The number of nitrogens with one attached hydrogen (secondary N) is 4. The molecular weight excluding hydrogens is 408 g/mol. The molecule has 2 aromatic rings. The smallest absolute Gasteiger partial charge is 0.268 e. The summed E-state index contributed by atoms with van der Waals surface area (Å²) in [5, 5.41) is 9.38. The van der Waals surface area contributed by atoms with Crippen molar-refractivity contribution in [3.05, 3.63) is 36.0 Å². The van der Waals surface area contributed by atoms with E-state index in [2.05, 4.69) is 20.9 Å². The van der Waals surface area contributed by atoms with Crippen LogP contribution in [0.2, 0.25) is 0 Å². The van der Waals surface area contributed by atoms with Crippen molar-refractivity contribution in [2.75, 3.05) is 6.54 Å². The van der Waals surface area contributed by atoms with Gasteiger partial charge in [0.05, 0.1) is 6.04 Å². The van der Waals surface area contributed by atoms with E-state index in [1.54, 1.807) is 6.07 Å². The molecule has 0 unspecified atom stereocenters. The summed E-state index contributed by atoms with van der Waals surface area (Å²) >= 11 is 0. The van der Waals surface area contributed by atoms with Crippen molar-refractivity contribution in [3.63, 3.8) is 0 Å². The van der Waals surface area contributed by atoms with Gasteiger partial charge < -0.3 is 25.7 Å². The van der Waals surface area contributed by atoms with Crippen LogP contribution in [0, 0.1) is 11.8 Å². The zero-order valence-corrected chi connectivity index (χ0v) is 18.1. The Hall–Kier alpha value is -3.16. The van der Waals surface area contributed by atoms with Crippen LogP contribution in [0.15, 0.2) is 30.3 Å². The number of hydrogen-bond acceptors (Lipinski definition) is 4. The van der Waals surface area contributed by atoms with Crippen LogP contribution in [0.5, 0.6) is 0 Å². The van der Waals surface area contributed by atoms with Crippen molar-refractivity contribution >= 4 is 34.9 Å². The summed E-state index contributed by atoms with van der Waals surface area (Å²) in [6.45, 7) is 0.592. The summed E-state index contributed by atoms with van der Waals surface area (Å²) in [4.78, 5) is 52.8. The minimum absolute atomic E-state index is 0.0131. The number of amides is 3. The van der Waals surface area contributed by atoms with E-state index in [1.807, 2.05) is 24.3 Å². The van der Waals surface area contributed by atoms with Crippen LogP contribution in [-0.4, -0.2) is 47.6 Å². The normalized spacial score (nSPS) is 21.0. The molecule has 2 fully saturated rings. The van der Waals surface area contributed by atoms with Crippen molar-refractivity contribution in [1.29, 1.82) is 0 Å². The second-order valence-corrected chi connectivity index (χ2v) is 8.88. The van der Waals surface area contributed by atoms with Crippen molar-refractivity contribution < 1.29 is 19.2 Å². The molecule has 1 saturated heterocycles. The van der Waals surface area contributed by atoms with E-state index in [4.69, 9.17) is 0 Å². The molecule has 2 aliphatic rings. The lowest BCUT2D eigenvalue weighted by Gasteiger charge is -2.31. The molecule has 4 rings (SSSR count). The van der Waals surface area contributed by atoms with Crippen LogP contribution in [0.25, 0.3) is 10.9 Å². The summed E-state index contributed by atoms with van der Waals surface area (Å²) in [6.07, 6.45) is 6.45. The Kier molecular flexibility index (Phi) is 6.87. The van der Waals surface area contributed by atoms with Gasteiger partial charge in [-0.1, -0.05) is 37.5 Å².